The van der Waals surface area contributed by atoms with Crippen LogP contribution in [0.2, 0.25) is 0 Å². The fraction of sp³-hybridized carbons (Fsp3) is 0.152. The predicted molar refractivity (Wildman–Crippen MR) is 182 cm³/mol. The van der Waals surface area contributed by atoms with Crippen molar-refractivity contribution in [2.24, 2.45) is 22.0 Å². The predicted octanol–water partition coefficient (Wildman–Crippen LogP) is 6.41. The van der Waals surface area contributed by atoms with Crippen LogP contribution in [-0.2, 0) is 9.59 Å². The van der Waals surface area contributed by atoms with Crippen molar-refractivity contribution in [2.45, 2.75) is 19.8 Å². The van der Waals surface area contributed by atoms with Crippen molar-refractivity contribution >= 4 is 61.9 Å². The molecule has 5 aromatic rings. The highest BCUT2D eigenvalue weighted by Gasteiger charge is 2.51. The number of phenolic OH excluding ortho intramolecular Hbond substituents is 2. The molecule has 2 aliphatic heterocycles. The zero-order valence-electron chi connectivity index (χ0n) is 25.3. The Bertz CT molecular complexity index is 2050. The Labute approximate surface area is 280 Å². The van der Waals surface area contributed by atoms with E-state index in [1.54, 1.807) is 79.2 Å². The Morgan fingerprint density at radius 3 is 1.69 bits per heavy atom. The summed E-state index contributed by atoms with van der Waals surface area (Å²) in [6.07, 6.45) is 0. The van der Waals surface area contributed by atoms with Crippen molar-refractivity contribution in [3.63, 3.8) is 0 Å². The summed E-state index contributed by atoms with van der Waals surface area (Å²) in [5.41, 5.74) is 2.91. The largest absolute Gasteiger partial charge is 0.507 e. The van der Waals surface area contributed by atoms with E-state index in [1.165, 1.54) is 50.9 Å². The van der Waals surface area contributed by atoms with Crippen LogP contribution >= 0.6 is 22.7 Å². The number of phenols is 2. The third-order valence-corrected chi connectivity index (χ3v) is 9.89. The first kappa shape index (κ1) is 30.8. The molecule has 2 N–H and O–H groups in total. The molecule has 4 heterocycles. The van der Waals surface area contributed by atoms with Crippen LogP contribution in [0.25, 0.3) is 22.5 Å². The Hall–Kier alpha value is -5.80. The number of hydrogen-bond donors (Lipinski definition) is 2. The number of hydrogen-bond acceptors (Lipinski definition) is 12. The number of benzene rings is 3. The number of nitro benzene ring substituents is 1. The van der Waals surface area contributed by atoms with E-state index in [0.29, 0.717) is 39.5 Å². The van der Waals surface area contributed by atoms with E-state index in [4.69, 9.17) is 0 Å². The SMILES string of the molecule is CC1=NN(c2nc(-c3ccccc3O)cs2)C(=O)[C@H]1C(c1cccc([N+](=O)[O-])c1)[C@H]1C(=O)N(c2nc(-c3ccccc3O)cs2)N=C1C. The minimum atomic E-state index is -0.989. The fourth-order valence-electron chi connectivity index (χ4n) is 6.03. The van der Waals surface area contributed by atoms with E-state index in [9.17, 15) is 29.9 Å². The van der Waals surface area contributed by atoms with E-state index in [-0.39, 0.29) is 27.4 Å². The molecule has 0 fully saturated rings. The number of aromatic hydroxyl groups is 2. The molecule has 3 aromatic carbocycles. The number of carbonyl (C=O) groups excluding carboxylic acids is 2. The Balaban J connectivity index is 1.25. The van der Waals surface area contributed by atoms with Crippen molar-refractivity contribution in [2.75, 3.05) is 10.0 Å². The summed E-state index contributed by atoms with van der Waals surface area (Å²) in [5.74, 6) is -3.74. The number of thiazole rings is 2. The maximum Gasteiger partial charge on any atom is 0.269 e. The zero-order valence-corrected chi connectivity index (χ0v) is 26.9. The number of nitro groups is 1. The Morgan fingerprint density at radius 1 is 0.750 bits per heavy atom. The maximum absolute atomic E-state index is 14.3. The lowest BCUT2D eigenvalue weighted by Crippen LogP contribution is -2.40. The standard InChI is InChI=1S/C33H25N7O6S2/c1-17-27(30(43)38(36-17)32-34-23(15-47-32)21-10-3-5-12-25(21)41)29(19-8-7-9-20(14-19)40(45)46)28-18(2)37-39(31(28)44)33-35-24(16-48-33)22-11-4-6-13-26(22)42/h3-16,27-29,41-42H,1-2H3/t27-,28+,29?. The normalized spacial score (nSPS) is 18.3. The van der Waals surface area contributed by atoms with Crippen molar-refractivity contribution in [1.82, 2.24) is 9.97 Å². The number of carbonyl (C=O) groups is 2. The van der Waals surface area contributed by atoms with Crippen molar-refractivity contribution in [3.05, 3.63) is 99.2 Å². The molecule has 0 radical (unpaired) electrons. The maximum atomic E-state index is 14.3. The quantitative estimate of drug-likeness (QED) is 0.140. The highest BCUT2D eigenvalue weighted by Crippen LogP contribution is 2.45. The van der Waals surface area contributed by atoms with E-state index in [2.05, 4.69) is 20.2 Å². The lowest BCUT2D eigenvalue weighted by molar-refractivity contribution is -0.384. The van der Waals surface area contributed by atoms with Crippen LogP contribution in [0.15, 0.2) is 93.8 Å². The van der Waals surface area contributed by atoms with E-state index in [0.717, 1.165) is 0 Å². The zero-order chi connectivity index (χ0) is 33.7. The van der Waals surface area contributed by atoms with Gasteiger partial charge in [0.2, 0.25) is 10.3 Å². The van der Waals surface area contributed by atoms with Gasteiger partial charge in [0, 0.05) is 51.4 Å². The summed E-state index contributed by atoms with van der Waals surface area (Å²) in [6, 6.07) is 19.3. The van der Waals surface area contributed by atoms with Crippen molar-refractivity contribution in [3.8, 4) is 34.0 Å². The average molecular weight is 680 g/mol. The molecule has 2 amide bonds. The van der Waals surface area contributed by atoms with Crippen LogP contribution in [0.3, 0.4) is 0 Å². The minimum Gasteiger partial charge on any atom is -0.507 e. The number of para-hydroxylation sites is 2. The third-order valence-electron chi connectivity index (χ3n) is 8.26. The summed E-state index contributed by atoms with van der Waals surface area (Å²) >= 11 is 2.33. The molecule has 3 atom stereocenters. The van der Waals surface area contributed by atoms with Gasteiger partial charge >= 0.3 is 0 Å². The minimum absolute atomic E-state index is 0.0392. The van der Waals surface area contributed by atoms with Gasteiger partial charge in [-0.15, -0.1) is 22.7 Å². The summed E-state index contributed by atoms with van der Waals surface area (Å²) in [7, 11) is 0. The van der Waals surface area contributed by atoms with Crippen LogP contribution in [0.4, 0.5) is 16.0 Å². The van der Waals surface area contributed by atoms with Gasteiger partial charge in [0.25, 0.3) is 17.5 Å². The summed E-state index contributed by atoms with van der Waals surface area (Å²) in [4.78, 5) is 48.9. The molecule has 2 aromatic heterocycles. The van der Waals surface area contributed by atoms with Crippen LogP contribution in [-0.4, -0.2) is 48.3 Å². The molecule has 0 aliphatic carbocycles. The van der Waals surface area contributed by atoms with Gasteiger partial charge in [0.15, 0.2) is 0 Å². The van der Waals surface area contributed by atoms with Gasteiger partial charge in [-0.1, -0.05) is 36.4 Å². The number of non-ortho nitro benzene ring substituents is 1. The smallest absolute Gasteiger partial charge is 0.269 e. The molecule has 7 rings (SSSR count). The van der Waals surface area contributed by atoms with Gasteiger partial charge in [0.05, 0.1) is 28.1 Å². The molecule has 15 heteroatoms. The average Bonchev–Trinajstić information content (AvgIpc) is 3.87. The van der Waals surface area contributed by atoms with Crippen LogP contribution in [0.1, 0.15) is 25.3 Å². The second kappa shape index (κ2) is 12.1. The third kappa shape index (κ3) is 5.28. The van der Waals surface area contributed by atoms with Crippen LogP contribution in [0, 0.1) is 22.0 Å². The number of hydrazone groups is 2. The van der Waals surface area contributed by atoms with E-state index in [1.807, 2.05) is 0 Å². The second-order valence-corrected chi connectivity index (χ2v) is 12.9. The van der Waals surface area contributed by atoms with Gasteiger partial charge in [-0.25, -0.2) is 9.97 Å². The molecule has 0 saturated heterocycles. The molecule has 48 heavy (non-hydrogen) atoms. The summed E-state index contributed by atoms with van der Waals surface area (Å²) in [6.45, 7) is 3.35. The van der Waals surface area contributed by atoms with Gasteiger partial charge in [-0.3, -0.25) is 19.7 Å². The molecular weight excluding hydrogens is 655 g/mol. The van der Waals surface area contributed by atoms with Crippen molar-refractivity contribution in [1.29, 1.82) is 0 Å². The number of rotatable bonds is 8. The van der Waals surface area contributed by atoms with Gasteiger partial charge < -0.3 is 10.2 Å². The molecular formula is C33H25N7O6S2. The molecule has 1 unspecified atom stereocenters. The summed E-state index contributed by atoms with van der Waals surface area (Å²) in [5, 5.41) is 47.9. The Morgan fingerprint density at radius 2 is 1.23 bits per heavy atom. The Kier molecular flexibility index (Phi) is 7.77. The first-order chi connectivity index (χ1) is 23.1. The number of anilines is 2. The van der Waals surface area contributed by atoms with E-state index >= 15 is 0 Å². The van der Waals surface area contributed by atoms with Crippen LogP contribution in [0.5, 0.6) is 11.5 Å². The van der Waals surface area contributed by atoms with E-state index < -0.39 is 34.5 Å². The molecule has 13 nitrogen and oxygen atoms in total. The first-order valence-electron chi connectivity index (χ1n) is 14.6. The van der Waals surface area contributed by atoms with Crippen molar-refractivity contribution < 1.29 is 24.7 Å². The monoisotopic (exact) mass is 679 g/mol. The molecule has 2 aliphatic rings. The lowest BCUT2D eigenvalue weighted by Gasteiger charge is -2.28. The molecule has 240 valence electrons. The number of nitrogens with zero attached hydrogens (tertiary/aromatic N) is 7. The van der Waals surface area contributed by atoms with Gasteiger partial charge in [-0.05, 0) is 43.7 Å². The van der Waals surface area contributed by atoms with Gasteiger partial charge in [0.1, 0.15) is 11.5 Å². The first-order valence-corrected chi connectivity index (χ1v) is 16.4. The van der Waals surface area contributed by atoms with Gasteiger partial charge in [-0.2, -0.15) is 20.2 Å². The molecule has 0 saturated carbocycles. The number of amides is 2. The summed E-state index contributed by atoms with van der Waals surface area (Å²) < 4.78 is 0. The lowest BCUT2D eigenvalue weighted by atomic mass is 9.73. The molecule has 0 bridgehead atoms. The second-order valence-electron chi connectivity index (χ2n) is 11.2. The molecule has 0 spiro atoms. The number of aromatic nitrogens is 2. The topological polar surface area (TPSA) is 175 Å². The fourth-order valence-corrected chi connectivity index (χ4v) is 7.59. The highest BCUT2D eigenvalue weighted by atomic mass is 32.1. The van der Waals surface area contributed by atoms with Crippen LogP contribution < -0.4 is 10.0 Å². The highest BCUT2D eigenvalue weighted by molar-refractivity contribution is 7.14.